The van der Waals surface area contributed by atoms with Crippen LogP contribution in [0.2, 0.25) is 0 Å². The Morgan fingerprint density at radius 2 is 2.06 bits per heavy atom. The number of nitrogens with zero attached hydrogens (tertiary/aromatic N) is 2. The summed E-state index contributed by atoms with van der Waals surface area (Å²) < 4.78 is 0. The van der Waals surface area contributed by atoms with Crippen LogP contribution < -0.4 is 11.5 Å². The van der Waals surface area contributed by atoms with Gasteiger partial charge in [-0.15, -0.1) is 0 Å². The number of carbonyl (C=O) groups excluding carboxylic acids is 1. The molecular formula is C13H28N4O. The molecule has 4 N–H and O–H groups in total. The molecule has 0 radical (unpaired) electrons. The van der Waals surface area contributed by atoms with E-state index in [0.29, 0.717) is 12.5 Å². The van der Waals surface area contributed by atoms with Crippen LogP contribution in [0.5, 0.6) is 0 Å². The lowest BCUT2D eigenvalue weighted by Crippen LogP contribution is -2.39. The third-order valence-corrected chi connectivity index (χ3v) is 3.79. The van der Waals surface area contributed by atoms with Gasteiger partial charge in [0.15, 0.2) is 0 Å². The molecule has 1 aliphatic rings. The molecule has 1 aliphatic heterocycles. The van der Waals surface area contributed by atoms with E-state index >= 15 is 0 Å². The average molecular weight is 256 g/mol. The summed E-state index contributed by atoms with van der Waals surface area (Å²) in [6.07, 6.45) is 3.89. The van der Waals surface area contributed by atoms with Crippen LogP contribution >= 0.6 is 0 Å². The maximum atomic E-state index is 10.8. The molecule has 1 heterocycles. The molecule has 0 saturated carbocycles. The summed E-state index contributed by atoms with van der Waals surface area (Å²) in [4.78, 5) is 15.7. The largest absolute Gasteiger partial charge is 0.370 e. The Kier molecular flexibility index (Phi) is 7.23. The van der Waals surface area contributed by atoms with Gasteiger partial charge in [-0.3, -0.25) is 9.69 Å². The van der Waals surface area contributed by atoms with Crippen LogP contribution in [-0.2, 0) is 4.79 Å². The number of hydrogen-bond donors (Lipinski definition) is 2. The highest BCUT2D eigenvalue weighted by atomic mass is 16.1. The Bertz CT molecular complexity index is 247. The highest BCUT2D eigenvalue weighted by Crippen LogP contribution is 2.12. The van der Waals surface area contributed by atoms with E-state index in [-0.39, 0.29) is 5.91 Å². The Balaban J connectivity index is 2.37. The van der Waals surface area contributed by atoms with Crippen LogP contribution in [0.25, 0.3) is 0 Å². The topological polar surface area (TPSA) is 75.6 Å². The lowest BCUT2D eigenvalue weighted by Gasteiger charge is -2.29. The molecular weight excluding hydrogens is 228 g/mol. The zero-order valence-corrected chi connectivity index (χ0v) is 11.6. The lowest BCUT2D eigenvalue weighted by molar-refractivity contribution is -0.118. The second kappa shape index (κ2) is 8.45. The minimum absolute atomic E-state index is 0.203. The lowest BCUT2D eigenvalue weighted by atomic mass is 10.1. The molecule has 5 heteroatoms. The number of nitrogens with two attached hydrogens (primary N) is 2. The molecule has 0 aromatic carbocycles. The van der Waals surface area contributed by atoms with E-state index < -0.39 is 0 Å². The van der Waals surface area contributed by atoms with Crippen molar-refractivity contribution in [1.29, 1.82) is 0 Å². The smallest absolute Gasteiger partial charge is 0.218 e. The molecule has 0 aliphatic carbocycles. The van der Waals surface area contributed by atoms with Gasteiger partial charge in [-0.2, -0.15) is 0 Å². The summed E-state index contributed by atoms with van der Waals surface area (Å²) in [6.45, 7) is 8.13. The van der Waals surface area contributed by atoms with Crippen molar-refractivity contribution in [1.82, 2.24) is 9.80 Å². The van der Waals surface area contributed by atoms with Gasteiger partial charge in [0, 0.05) is 32.1 Å². The van der Waals surface area contributed by atoms with Crippen LogP contribution in [0, 0.1) is 0 Å². The number of carbonyl (C=O) groups is 1. The van der Waals surface area contributed by atoms with Crippen molar-refractivity contribution in [3.63, 3.8) is 0 Å². The van der Waals surface area contributed by atoms with Gasteiger partial charge in [0.2, 0.25) is 5.91 Å². The quantitative estimate of drug-likeness (QED) is 0.672. The summed E-state index contributed by atoms with van der Waals surface area (Å²) in [7, 11) is 0. The van der Waals surface area contributed by atoms with Crippen molar-refractivity contribution < 1.29 is 4.79 Å². The molecule has 18 heavy (non-hydrogen) atoms. The van der Waals surface area contributed by atoms with E-state index in [0.717, 1.165) is 45.7 Å². The average Bonchev–Trinajstić information content (AvgIpc) is 2.59. The van der Waals surface area contributed by atoms with Crippen molar-refractivity contribution in [2.45, 2.75) is 38.6 Å². The van der Waals surface area contributed by atoms with E-state index in [4.69, 9.17) is 11.5 Å². The SMILES string of the molecule is CCC(CCN)N1CCCN(CCC(N)=O)CC1. The molecule has 1 atom stereocenters. The number of amides is 1. The summed E-state index contributed by atoms with van der Waals surface area (Å²) in [5, 5.41) is 0. The fourth-order valence-corrected chi connectivity index (χ4v) is 2.69. The van der Waals surface area contributed by atoms with Crippen LogP contribution in [0.3, 0.4) is 0 Å². The molecule has 1 saturated heterocycles. The van der Waals surface area contributed by atoms with Gasteiger partial charge in [-0.25, -0.2) is 0 Å². The van der Waals surface area contributed by atoms with Crippen LogP contribution in [0.1, 0.15) is 32.6 Å². The summed E-state index contributed by atoms with van der Waals surface area (Å²) in [6, 6.07) is 0.617. The molecule has 1 rings (SSSR count). The second-order valence-corrected chi connectivity index (χ2v) is 5.09. The first-order valence-corrected chi connectivity index (χ1v) is 7.12. The van der Waals surface area contributed by atoms with Crippen molar-refractivity contribution >= 4 is 5.91 Å². The maximum absolute atomic E-state index is 10.8. The van der Waals surface area contributed by atoms with Crippen LogP contribution in [0.15, 0.2) is 0 Å². The van der Waals surface area contributed by atoms with E-state index in [1.165, 1.54) is 12.8 Å². The van der Waals surface area contributed by atoms with Gasteiger partial charge in [0.25, 0.3) is 0 Å². The normalized spacial score (nSPS) is 20.6. The first-order valence-electron chi connectivity index (χ1n) is 7.12. The van der Waals surface area contributed by atoms with E-state index in [9.17, 15) is 4.79 Å². The zero-order valence-electron chi connectivity index (χ0n) is 11.6. The van der Waals surface area contributed by atoms with Crippen molar-refractivity contribution in [3.05, 3.63) is 0 Å². The zero-order chi connectivity index (χ0) is 13.4. The van der Waals surface area contributed by atoms with Gasteiger partial charge in [0.1, 0.15) is 0 Å². The fourth-order valence-electron chi connectivity index (χ4n) is 2.69. The Morgan fingerprint density at radius 3 is 2.67 bits per heavy atom. The molecule has 1 fully saturated rings. The fraction of sp³-hybridized carbons (Fsp3) is 0.923. The van der Waals surface area contributed by atoms with Crippen molar-refractivity contribution in [3.8, 4) is 0 Å². The predicted octanol–water partition coefficient (Wildman–Crippen LogP) is -0.00310. The summed E-state index contributed by atoms with van der Waals surface area (Å²) in [5.74, 6) is -0.203. The predicted molar refractivity (Wildman–Crippen MR) is 74.2 cm³/mol. The van der Waals surface area contributed by atoms with Crippen molar-refractivity contribution in [2.75, 3.05) is 39.3 Å². The molecule has 0 bridgehead atoms. The summed E-state index contributed by atoms with van der Waals surface area (Å²) in [5.41, 5.74) is 10.9. The van der Waals surface area contributed by atoms with Crippen molar-refractivity contribution in [2.24, 2.45) is 11.5 Å². The number of primary amides is 1. The third kappa shape index (κ3) is 5.33. The Hall–Kier alpha value is -0.650. The maximum Gasteiger partial charge on any atom is 0.218 e. The van der Waals surface area contributed by atoms with Gasteiger partial charge in [0.05, 0.1) is 0 Å². The summed E-state index contributed by atoms with van der Waals surface area (Å²) >= 11 is 0. The highest BCUT2D eigenvalue weighted by Gasteiger charge is 2.20. The molecule has 1 unspecified atom stereocenters. The second-order valence-electron chi connectivity index (χ2n) is 5.09. The monoisotopic (exact) mass is 256 g/mol. The van der Waals surface area contributed by atoms with E-state index in [1.807, 2.05) is 0 Å². The number of hydrogen-bond acceptors (Lipinski definition) is 4. The first kappa shape index (κ1) is 15.4. The standard InChI is InChI=1S/C13H28N4O/c1-2-12(4-6-14)17-8-3-7-16(10-11-17)9-5-13(15)18/h12H,2-11,14H2,1H3,(H2,15,18). The Morgan fingerprint density at radius 1 is 1.28 bits per heavy atom. The van der Waals surface area contributed by atoms with Gasteiger partial charge < -0.3 is 16.4 Å². The number of rotatable bonds is 7. The van der Waals surface area contributed by atoms with Crippen LogP contribution in [0.4, 0.5) is 0 Å². The van der Waals surface area contributed by atoms with Gasteiger partial charge >= 0.3 is 0 Å². The molecule has 5 nitrogen and oxygen atoms in total. The molecule has 0 aromatic heterocycles. The van der Waals surface area contributed by atoms with Crippen LogP contribution in [-0.4, -0.2) is 61.0 Å². The molecule has 0 spiro atoms. The highest BCUT2D eigenvalue weighted by molar-refractivity contribution is 5.73. The molecule has 106 valence electrons. The van der Waals surface area contributed by atoms with E-state index in [1.54, 1.807) is 0 Å². The first-order chi connectivity index (χ1) is 8.67. The molecule has 1 amide bonds. The van der Waals surface area contributed by atoms with Gasteiger partial charge in [-0.05, 0) is 38.9 Å². The van der Waals surface area contributed by atoms with Gasteiger partial charge in [-0.1, -0.05) is 6.92 Å². The van der Waals surface area contributed by atoms with E-state index in [2.05, 4.69) is 16.7 Å². The molecule has 0 aromatic rings. The minimum atomic E-state index is -0.203. The Labute approximate surface area is 110 Å². The minimum Gasteiger partial charge on any atom is -0.370 e. The third-order valence-electron chi connectivity index (χ3n) is 3.79.